The van der Waals surface area contributed by atoms with E-state index in [-0.39, 0.29) is 25.1 Å². The molecule has 0 saturated carbocycles. The van der Waals surface area contributed by atoms with Crippen LogP contribution in [0.3, 0.4) is 0 Å². The number of allylic oxidation sites excluding steroid dienone is 2. The molecule has 6 nitrogen and oxygen atoms in total. The van der Waals surface area contributed by atoms with E-state index in [1.54, 1.807) is 0 Å². The molecule has 0 aromatic rings. The summed E-state index contributed by atoms with van der Waals surface area (Å²) in [5.74, 6) is -0.563. The number of unbranched alkanes of at least 4 members (excludes halogenated alkanes) is 11. The van der Waals surface area contributed by atoms with Gasteiger partial charge in [0.25, 0.3) is 0 Å². The highest BCUT2D eigenvalue weighted by Crippen LogP contribution is 2.14. The van der Waals surface area contributed by atoms with Gasteiger partial charge >= 0.3 is 5.97 Å². The lowest BCUT2D eigenvalue weighted by atomic mass is 10.1. The van der Waals surface area contributed by atoms with Crippen molar-refractivity contribution in [2.45, 2.75) is 103 Å². The van der Waals surface area contributed by atoms with Crippen LogP contribution in [0.15, 0.2) is 12.2 Å². The number of rotatable bonds is 17. The minimum Gasteiger partial charge on any atom is -0.464 e. The third-order valence-corrected chi connectivity index (χ3v) is 7.22. The normalized spacial score (nSPS) is 19.3. The fourth-order valence-electron chi connectivity index (χ4n) is 3.46. The highest BCUT2D eigenvalue weighted by Gasteiger charge is 2.32. The third kappa shape index (κ3) is 12.7. The minimum absolute atomic E-state index is 0.0552. The molecule has 0 aliphatic carbocycles. The number of hydrogen-bond donors (Lipinski definition) is 0. The molecule has 1 fully saturated rings. The third-order valence-electron chi connectivity index (χ3n) is 5.57. The van der Waals surface area contributed by atoms with Crippen LogP contribution >= 0.6 is 0 Å². The first-order valence-corrected chi connectivity index (χ1v) is 13.4. The summed E-state index contributed by atoms with van der Waals surface area (Å²) < 4.78 is 35.0. The number of carbonyl (C=O) groups excluding carboxylic acids is 1. The van der Waals surface area contributed by atoms with Crippen LogP contribution < -0.4 is 0 Å². The molecule has 0 bridgehead atoms. The highest BCUT2D eigenvalue weighted by molar-refractivity contribution is 7.88. The standard InChI is InChI=1S/C23H43NO5S/c1-3-4-5-6-7-8-9-10-11-12-13-14-15-16-17-18-23(25)29-20-22-19-28-21-30(26,27)24(22)2/h10-11,22H,3-9,12-21H2,1-2H3/b11-10-/t22-/m0/s1. The first kappa shape index (κ1) is 27.1. The molecular formula is C23H43NO5S. The Morgan fingerprint density at radius 1 is 0.967 bits per heavy atom. The van der Waals surface area contributed by atoms with Crippen molar-refractivity contribution < 1.29 is 22.7 Å². The maximum atomic E-state index is 11.8. The number of esters is 1. The van der Waals surface area contributed by atoms with Gasteiger partial charge in [-0.25, -0.2) is 8.42 Å². The lowest BCUT2D eigenvalue weighted by Crippen LogP contribution is -2.49. The number of likely N-dealkylation sites (N-methyl/N-ethyl adjacent to an activating group) is 1. The van der Waals surface area contributed by atoms with Crippen molar-refractivity contribution in [2.75, 3.05) is 26.2 Å². The number of hydrogen-bond acceptors (Lipinski definition) is 5. The molecule has 1 saturated heterocycles. The van der Waals surface area contributed by atoms with Crippen LogP contribution in [0.25, 0.3) is 0 Å². The summed E-state index contributed by atoms with van der Waals surface area (Å²) in [5, 5.41) is 0. The average molecular weight is 446 g/mol. The van der Waals surface area contributed by atoms with Gasteiger partial charge in [0.1, 0.15) is 6.61 Å². The number of nitrogens with zero attached hydrogens (tertiary/aromatic N) is 1. The lowest BCUT2D eigenvalue weighted by molar-refractivity contribution is -0.145. The molecule has 176 valence electrons. The monoisotopic (exact) mass is 445 g/mol. The fourth-order valence-corrected chi connectivity index (χ4v) is 4.51. The molecule has 1 aliphatic rings. The van der Waals surface area contributed by atoms with Gasteiger partial charge in [0, 0.05) is 13.5 Å². The Labute approximate surface area is 184 Å². The van der Waals surface area contributed by atoms with Gasteiger partial charge in [-0.05, 0) is 32.1 Å². The summed E-state index contributed by atoms with van der Waals surface area (Å²) in [5.41, 5.74) is 0. The van der Waals surface area contributed by atoms with Crippen LogP contribution in [-0.4, -0.2) is 50.9 Å². The van der Waals surface area contributed by atoms with Gasteiger partial charge in [-0.15, -0.1) is 0 Å². The quantitative estimate of drug-likeness (QED) is 0.175. The van der Waals surface area contributed by atoms with Crippen LogP contribution in [0.5, 0.6) is 0 Å². The second-order valence-electron chi connectivity index (χ2n) is 8.29. The predicted molar refractivity (Wildman–Crippen MR) is 122 cm³/mol. The summed E-state index contributed by atoms with van der Waals surface area (Å²) in [6.07, 6.45) is 20.9. The Morgan fingerprint density at radius 2 is 1.53 bits per heavy atom. The number of sulfonamides is 1. The summed E-state index contributed by atoms with van der Waals surface area (Å²) in [7, 11) is -1.89. The maximum absolute atomic E-state index is 11.8. The van der Waals surface area contributed by atoms with E-state index in [9.17, 15) is 13.2 Å². The van der Waals surface area contributed by atoms with E-state index < -0.39 is 16.1 Å². The van der Waals surface area contributed by atoms with E-state index in [1.165, 1.54) is 69.1 Å². The van der Waals surface area contributed by atoms with Crippen LogP contribution in [0.1, 0.15) is 96.8 Å². The smallest absolute Gasteiger partial charge is 0.305 e. The molecule has 1 atom stereocenters. The molecule has 1 rings (SSSR count). The zero-order valence-electron chi connectivity index (χ0n) is 19.1. The summed E-state index contributed by atoms with van der Waals surface area (Å²) in [6.45, 7) is 2.57. The van der Waals surface area contributed by atoms with Crippen LogP contribution in [0.4, 0.5) is 0 Å². The molecule has 1 aliphatic heterocycles. The average Bonchev–Trinajstić information content (AvgIpc) is 2.72. The van der Waals surface area contributed by atoms with E-state index >= 15 is 0 Å². The first-order valence-electron chi connectivity index (χ1n) is 11.8. The van der Waals surface area contributed by atoms with Gasteiger partial charge in [0.05, 0.1) is 12.6 Å². The summed E-state index contributed by atoms with van der Waals surface area (Å²) in [6, 6.07) is -0.429. The second-order valence-corrected chi connectivity index (χ2v) is 10.3. The molecule has 0 radical (unpaired) electrons. The fraction of sp³-hybridized carbons (Fsp3) is 0.870. The summed E-state index contributed by atoms with van der Waals surface area (Å²) in [4.78, 5) is 11.8. The summed E-state index contributed by atoms with van der Waals surface area (Å²) >= 11 is 0. The van der Waals surface area contributed by atoms with Crippen molar-refractivity contribution in [1.29, 1.82) is 0 Å². The van der Waals surface area contributed by atoms with Crippen LogP contribution in [-0.2, 0) is 24.3 Å². The van der Waals surface area contributed by atoms with Crippen molar-refractivity contribution in [2.24, 2.45) is 0 Å². The maximum Gasteiger partial charge on any atom is 0.305 e. The van der Waals surface area contributed by atoms with E-state index in [4.69, 9.17) is 9.47 Å². The van der Waals surface area contributed by atoms with Gasteiger partial charge in [0.15, 0.2) is 5.94 Å². The number of ether oxygens (including phenoxy) is 2. The lowest BCUT2D eigenvalue weighted by Gasteiger charge is -2.31. The molecule has 0 aromatic heterocycles. The molecule has 0 aromatic carbocycles. The molecule has 0 spiro atoms. The van der Waals surface area contributed by atoms with Gasteiger partial charge in [-0.1, -0.05) is 70.4 Å². The topological polar surface area (TPSA) is 72.9 Å². The molecule has 7 heteroatoms. The minimum atomic E-state index is -3.39. The van der Waals surface area contributed by atoms with Gasteiger partial charge in [0.2, 0.25) is 10.0 Å². The Kier molecular flexibility index (Phi) is 15.1. The van der Waals surface area contributed by atoms with E-state index in [2.05, 4.69) is 19.1 Å². The molecule has 0 amide bonds. The SMILES string of the molecule is CCCCCCCC/C=C\CCCCCCCC(=O)OC[C@@H]1COCS(=O)(=O)N1C. The predicted octanol–water partition coefficient (Wildman–Crippen LogP) is 5.19. The van der Waals surface area contributed by atoms with E-state index in [0.29, 0.717) is 6.42 Å². The van der Waals surface area contributed by atoms with Crippen molar-refractivity contribution in [3.63, 3.8) is 0 Å². The van der Waals surface area contributed by atoms with Gasteiger partial charge in [-0.2, -0.15) is 4.31 Å². The van der Waals surface area contributed by atoms with Crippen molar-refractivity contribution in [3.05, 3.63) is 12.2 Å². The zero-order valence-corrected chi connectivity index (χ0v) is 20.0. The Bertz CT molecular complexity index is 576. The molecule has 30 heavy (non-hydrogen) atoms. The van der Waals surface area contributed by atoms with Gasteiger partial charge in [-0.3, -0.25) is 4.79 Å². The van der Waals surface area contributed by atoms with Gasteiger partial charge < -0.3 is 9.47 Å². The Hall–Kier alpha value is -0.920. The zero-order chi connectivity index (χ0) is 22.1. The molecule has 0 N–H and O–H groups in total. The Morgan fingerprint density at radius 3 is 2.17 bits per heavy atom. The highest BCUT2D eigenvalue weighted by atomic mass is 32.2. The van der Waals surface area contributed by atoms with Crippen molar-refractivity contribution in [3.8, 4) is 0 Å². The van der Waals surface area contributed by atoms with E-state index in [0.717, 1.165) is 25.7 Å². The molecule has 1 heterocycles. The van der Waals surface area contributed by atoms with Crippen LogP contribution in [0, 0.1) is 0 Å². The first-order chi connectivity index (χ1) is 14.5. The Balaban J connectivity index is 1.91. The van der Waals surface area contributed by atoms with Crippen molar-refractivity contribution >= 4 is 16.0 Å². The second kappa shape index (κ2) is 16.7. The largest absolute Gasteiger partial charge is 0.464 e. The van der Waals surface area contributed by atoms with Crippen molar-refractivity contribution in [1.82, 2.24) is 4.31 Å². The van der Waals surface area contributed by atoms with E-state index in [1.807, 2.05) is 0 Å². The number of carbonyl (C=O) groups is 1. The molecular weight excluding hydrogens is 402 g/mol. The van der Waals surface area contributed by atoms with Crippen LogP contribution in [0.2, 0.25) is 0 Å². The molecule has 0 unspecified atom stereocenters.